The van der Waals surface area contributed by atoms with E-state index in [4.69, 9.17) is 9.97 Å². The van der Waals surface area contributed by atoms with Gasteiger partial charge < -0.3 is 0 Å². The SMILES string of the molecule is CC(C)(C)P(C[C]12[C]3(c4ccccc4)[C]4(c5ccccc5)[CH]5[C]1(C(P)(c1ccc6ccccc6n1)c1ccc6ccccc6n1)[Fe]54231678[CH]2[CH]1[CH]6[CH]7[CH]28)C(C)(C)C. The molecule has 278 valence electrons. The van der Waals surface area contributed by atoms with Crippen LogP contribution in [0.3, 0.4) is 0 Å². The van der Waals surface area contributed by atoms with Crippen molar-refractivity contribution < 1.29 is 6.51 Å². The summed E-state index contributed by atoms with van der Waals surface area (Å²) in [7, 11) is 3.43. The minimum absolute atomic E-state index is 0.224. The number of benzene rings is 4. The molecule has 1 spiro atoms. The Kier molecular flexibility index (Phi) is 2.96. The van der Waals surface area contributed by atoms with Crippen molar-refractivity contribution in [3.63, 3.8) is 0 Å². The van der Waals surface area contributed by atoms with Gasteiger partial charge in [-0.3, -0.25) is 0 Å². The summed E-state index contributed by atoms with van der Waals surface area (Å²) in [5, 5.41) is 2.59. The number of pyridine rings is 2. The van der Waals surface area contributed by atoms with E-state index in [0.29, 0.717) is 12.9 Å². The van der Waals surface area contributed by atoms with Crippen LogP contribution in [0.4, 0.5) is 0 Å². The van der Waals surface area contributed by atoms with Crippen molar-refractivity contribution in [1.29, 1.82) is 0 Å². The van der Waals surface area contributed by atoms with Gasteiger partial charge in [0.15, 0.2) is 0 Å². The second-order valence-corrected chi connectivity index (χ2v) is 50.7. The molecule has 10 fully saturated rings. The number of fused-ring (bicyclic) bond motifs is 12. The van der Waals surface area contributed by atoms with Crippen LogP contribution in [0.1, 0.15) is 64.1 Å². The Balaban J connectivity index is 1.11. The topological polar surface area (TPSA) is 25.8 Å². The van der Waals surface area contributed by atoms with Crippen LogP contribution < -0.4 is 0 Å². The fraction of sp³-hybridized carbons (Fsp3) is 0.400. The van der Waals surface area contributed by atoms with Gasteiger partial charge in [-0.25, -0.2) is 0 Å². The molecule has 0 radical (unpaired) electrons. The van der Waals surface area contributed by atoms with Crippen LogP contribution in [0.15, 0.2) is 133 Å². The fourth-order valence-corrected chi connectivity index (χ4v) is 118. The first kappa shape index (κ1) is 30.2. The van der Waals surface area contributed by atoms with Gasteiger partial charge in [-0.1, -0.05) is 0 Å². The van der Waals surface area contributed by atoms with E-state index < -0.39 is 6.51 Å². The molecule has 0 aliphatic carbocycles. The molecule has 0 amide bonds. The van der Waals surface area contributed by atoms with Gasteiger partial charge in [0.2, 0.25) is 0 Å². The van der Waals surface area contributed by atoms with E-state index in [1.165, 1.54) is 28.3 Å². The van der Waals surface area contributed by atoms with Crippen LogP contribution in [0.25, 0.3) is 21.8 Å². The zero-order valence-corrected chi connectivity index (χ0v) is 35.8. The third-order valence-electron chi connectivity index (χ3n) is 24.5. The summed E-state index contributed by atoms with van der Waals surface area (Å²) in [5.74, 6) is 0. The van der Waals surface area contributed by atoms with Gasteiger partial charge in [0, 0.05) is 0 Å². The molecule has 6 atom stereocenters. The van der Waals surface area contributed by atoms with Gasteiger partial charge in [-0.2, -0.15) is 0 Å². The number of aromatic nitrogens is 2. The van der Waals surface area contributed by atoms with E-state index >= 15 is 0 Å². The number of para-hydroxylation sites is 2. The maximum absolute atomic E-state index is 5.86. The first-order chi connectivity index (χ1) is 26.2. The molecule has 0 bridgehead atoms. The molecule has 10 aliphatic rings. The van der Waals surface area contributed by atoms with Gasteiger partial charge in [-0.05, 0) is 0 Å². The molecule has 2 nitrogen and oxygen atoms in total. The van der Waals surface area contributed by atoms with Crippen LogP contribution in [0.5, 0.6) is 0 Å². The van der Waals surface area contributed by atoms with E-state index in [0.717, 1.165) is 39.9 Å². The summed E-state index contributed by atoms with van der Waals surface area (Å²) in [6.45, 7) is 10.6. The van der Waals surface area contributed by atoms with Crippen molar-refractivity contribution in [2.24, 2.45) is 0 Å². The molecule has 10 aliphatic heterocycles. The molecule has 16 rings (SSSR count). The Morgan fingerprint density at radius 3 is 1.45 bits per heavy atom. The fourth-order valence-electron chi connectivity index (χ4n) is 27.1. The average molecular weight is 797 g/mol. The van der Waals surface area contributed by atoms with Crippen LogP contribution in [-0.4, -0.2) is 26.4 Å². The normalized spacial score (nSPS) is 50.1. The van der Waals surface area contributed by atoms with Crippen LogP contribution in [-0.2, 0) is 20.3 Å². The molecule has 6 aromatic rings. The van der Waals surface area contributed by atoms with Crippen LogP contribution in [0.2, 0.25) is 37.5 Å². The molecule has 10 saturated heterocycles. The van der Waals surface area contributed by atoms with E-state index in [1.807, 2.05) is 0 Å². The van der Waals surface area contributed by atoms with Crippen LogP contribution in [0, 0.1) is 0 Å². The Morgan fingerprint density at radius 2 is 1.00 bits per heavy atom. The summed E-state index contributed by atoms with van der Waals surface area (Å²) < 4.78 is 1.25. The van der Waals surface area contributed by atoms with Crippen molar-refractivity contribution in [2.45, 2.75) is 103 Å². The first-order valence-corrected chi connectivity index (χ1v) is 28.9. The van der Waals surface area contributed by atoms with Crippen molar-refractivity contribution in [1.82, 2.24) is 9.97 Å². The predicted molar refractivity (Wildman–Crippen MR) is 229 cm³/mol. The maximum atomic E-state index is 5.86. The molecular formula is C50H50FeN2P2. The van der Waals surface area contributed by atoms with E-state index in [2.05, 4.69) is 184 Å². The van der Waals surface area contributed by atoms with Gasteiger partial charge in [-0.15, -0.1) is 0 Å². The molecule has 6 unspecified atom stereocenters. The average Bonchev–Trinajstić information content (AvgIpc) is 4.14. The summed E-state index contributed by atoms with van der Waals surface area (Å²) in [6.07, 6.45) is 1.43. The van der Waals surface area contributed by atoms with Gasteiger partial charge in [0.25, 0.3) is 0 Å². The van der Waals surface area contributed by atoms with Gasteiger partial charge in [0.05, 0.1) is 0 Å². The summed E-state index contributed by atoms with van der Waals surface area (Å²) >= 11 is 0. The molecular weight excluding hydrogens is 746 g/mol. The molecule has 4 aromatic carbocycles. The summed E-state index contributed by atoms with van der Waals surface area (Å²) in [5.41, 5.74) is 8.30. The van der Waals surface area contributed by atoms with Crippen molar-refractivity contribution in [3.8, 4) is 0 Å². The zero-order valence-electron chi connectivity index (χ0n) is 32.6. The summed E-state index contributed by atoms with van der Waals surface area (Å²) in [6, 6.07) is 52.2. The minimum atomic E-state index is -5.04. The standard InChI is InChI=1S/C45H45N2P2.C5H5.Fe/c1-43(2,3)49(44(4,5)6)30-36-37(29-35(31-17-9-7-10-18-31)42(36)34-21-11-8-12-22-34)45(48,40-27-25-32-19-13-15-23-38(32)46-40)41-28-26-33-20-14-16-24-39(33)47-41;1-2-4-5-3-1;/h7-29H,30,48H2,1-6H3;1-5H;. The van der Waals surface area contributed by atoms with Gasteiger partial charge in [0.1, 0.15) is 0 Å². The molecule has 5 heteroatoms. The summed E-state index contributed by atoms with van der Waals surface area (Å²) in [4.78, 5) is 17.5. The molecule has 2 aromatic heterocycles. The van der Waals surface area contributed by atoms with Crippen molar-refractivity contribution in [2.75, 3.05) is 6.16 Å². The van der Waals surface area contributed by atoms with E-state index in [9.17, 15) is 0 Å². The van der Waals surface area contributed by atoms with Crippen molar-refractivity contribution >= 4 is 39.0 Å². The van der Waals surface area contributed by atoms with Gasteiger partial charge >= 0.3 is 321 Å². The Morgan fingerprint density at radius 1 is 0.564 bits per heavy atom. The molecule has 12 heterocycles. The second-order valence-electron chi connectivity index (χ2n) is 23.3. The monoisotopic (exact) mass is 796 g/mol. The zero-order chi connectivity index (χ0) is 37.2. The third-order valence-corrected chi connectivity index (χ3v) is 74.5. The Hall–Kier alpha value is -2.92. The Bertz CT molecular complexity index is 3150. The quantitative estimate of drug-likeness (QED) is 0.119. The molecule has 0 N–H and O–H groups in total. The van der Waals surface area contributed by atoms with Crippen molar-refractivity contribution in [3.05, 3.63) is 156 Å². The Labute approximate surface area is 319 Å². The predicted octanol–water partition coefficient (Wildman–Crippen LogP) is 13.3. The first-order valence-electron chi connectivity index (χ1n) is 20.8. The molecule has 0 saturated carbocycles. The number of hydrogen-bond donors (Lipinski definition) is 0. The number of nitrogens with zero attached hydrogens (tertiary/aromatic N) is 2. The second kappa shape index (κ2) is 5.40. The molecule has 55 heavy (non-hydrogen) atoms. The number of hydrogen-bond acceptors (Lipinski definition) is 2. The third kappa shape index (κ3) is 0.960. The number of rotatable bonds is 7. The van der Waals surface area contributed by atoms with E-state index in [1.54, 1.807) is 11.1 Å². The van der Waals surface area contributed by atoms with Crippen LogP contribution >= 0.6 is 17.2 Å². The van der Waals surface area contributed by atoms with E-state index in [-0.39, 0.29) is 27.7 Å².